The predicted octanol–water partition coefficient (Wildman–Crippen LogP) is 2.16. The lowest BCUT2D eigenvalue weighted by Gasteiger charge is -2.19. The van der Waals surface area contributed by atoms with Gasteiger partial charge in [0, 0.05) is 4.47 Å². The SMILES string of the molecule is CC(C)(C)ONS(=O)(=O)c1ccc(Br)c(C(=O)O)c1. The molecule has 0 radical (unpaired) electrons. The van der Waals surface area contributed by atoms with Gasteiger partial charge >= 0.3 is 5.97 Å². The van der Waals surface area contributed by atoms with E-state index in [-0.39, 0.29) is 10.5 Å². The first-order valence-corrected chi connectivity index (χ1v) is 7.53. The number of halogens is 1. The number of benzene rings is 1. The van der Waals surface area contributed by atoms with Gasteiger partial charge in [-0.1, -0.05) is 4.89 Å². The second-order valence-electron chi connectivity index (χ2n) is 4.75. The molecule has 0 spiro atoms. The molecule has 0 amide bonds. The normalized spacial score (nSPS) is 12.4. The Balaban J connectivity index is 3.09. The topological polar surface area (TPSA) is 92.7 Å². The highest BCUT2D eigenvalue weighted by molar-refractivity contribution is 9.10. The maximum Gasteiger partial charge on any atom is 0.336 e. The molecule has 0 saturated heterocycles. The lowest BCUT2D eigenvalue weighted by atomic mass is 10.2. The molecule has 0 atom stereocenters. The third kappa shape index (κ3) is 4.57. The number of rotatable bonds is 4. The van der Waals surface area contributed by atoms with Crippen LogP contribution < -0.4 is 4.89 Å². The van der Waals surface area contributed by atoms with Crippen LogP contribution in [0, 0.1) is 0 Å². The zero-order valence-corrected chi connectivity index (χ0v) is 13.0. The number of aromatic carboxylic acids is 1. The van der Waals surface area contributed by atoms with Gasteiger partial charge in [0.1, 0.15) is 0 Å². The molecule has 6 nitrogen and oxygen atoms in total. The van der Waals surface area contributed by atoms with Gasteiger partial charge in [0.2, 0.25) is 0 Å². The zero-order valence-electron chi connectivity index (χ0n) is 10.6. The van der Waals surface area contributed by atoms with Crippen LogP contribution in [0.25, 0.3) is 0 Å². The molecule has 0 aromatic heterocycles. The van der Waals surface area contributed by atoms with E-state index in [0.717, 1.165) is 6.07 Å². The monoisotopic (exact) mass is 351 g/mol. The van der Waals surface area contributed by atoms with Crippen LogP contribution in [-0.2, 0) is 14.9 Å². The summed E-state index contributed by atoms with van der Waals surface area (Å²) in [6, 6.07) is 3.70. The maximum atomic E-state index is 11.9. The lowest BCUT2D eigenvalue weighted by Crippen LogP contribution is -2.33. The molecular weight excluding hydrogens is 338 g/mol. The molecule has 0 heterocycles. The first kappa shape index (κ1) is 16.1. The van der Waals surface area contributed by atoms with Crippen molar-refractivity contribution in [3.8, 4) is 0 Å². The van der Waals surface area contributed by atoms with Crippen molar-refractivity contribution in [2.45, 2.75) is 31.3 Å². The molecule has 0 saturated carbocycles. The second kappa shape index (κ2) is 5.58. The molecule has 19 heavy (non-hydrogen) atoms. The van der Waals surface area contributed by atoms with Crippen LogP contribution in [0.3, 0.4) is 0 Å². The molecule has 106 valence electrons. The summed E-state index contributed by atoms with van der Waals surface area (Å²) in [5.41, 5.74) is -0.837. The zero-order chi connectivity index (χ0) is 14.8. The van der Waals surface area contributed by atoms with Crippen LogP contribution in [0.15, 0.2) is 27.6 Å². The highest BCUT2D eigenvalue weighted by Gasteiger charge is 2.21. The summed E-state index contributed by atoms with van der Waals surface area (Å²) in [6.45, 7) is 5.04. The van der Waals surface area contributed by atoms with Gasteiger partial charge in [-0.15, -0.1) is 0 Å². The smallest absolute Gasteiger partial charge is 0.336 e. The number of carboxylic acids is 1. The predicted molar refractivity (Wildman–Crippen MR) is 72.3 cm³/mol. The maximum absolute atomic E-state index is 11.9. The van der Waals surface area contributed by atoms with Crippen molar-refractivity contribution < 1.29 is 23.2 Å². The fourth-order valence-corrected chi connectivity index (χ4v) is 2.46. The van der Waals surface area contributed by atoms with Crippen molar-refractivity contribution in [1.82, 2.24) is 4.89 Å². The minimum Gasteiger partial charge on any atom is -0.478 e. The largest absolute Gasteiger partial charge is 0.478 e. The Labute approximate surface area is 119 Å². The fourth-order valence-electron chi connectivity index (χ4n) is 1.06. The van der Waals surface area contributed by atoms with Gasteiger partial charge < -0.3 is 5.11 Å². The second-order valence-corrected chi connectivity index (χ2v) is 7.25. The highest BCUT2D eigenvalue weighted by Crippen LogP contribution is 2.21. The van der Waals surface area contributed by atoms with E-state index < -0.39 is 21.6 Å². The van der Waals surface area contributed by atoms with Crippen molar-refractivity contribution in [2.75, 3.05) is 0 Å². The van der Waals surface area contributed by atoms with E-state index in [9.17, 15) is 13.2 Å². The molecule has 1 aromatic rings. The van der Waals surface area contributed by atoms with E-state index >= 15 is 0 Å². The standard InChI is InChI=1S/C11H14BrNO5S/c1-11(2,3)18-13-19(16,17)7-4-5-9(12)8(6-7)10(14)15/h4-6,13H,1-3H3,(H,14,15). The van der Waals surface area contributed by atoms with Gasteiger partial charge in [-0.25, -0.2) is 13.2 Å². The molecule has 0 unspecified atom stereocenters. The van der Waals surface area contributed by atoms with Gasteiger partial charge in [-0.05, 0) is 54.9 Å². The van der Waals surface area contributed by atoms with Gasteiger partial charge in [0.05, 0.1) is 16.1 Å². The van der Waals surface area contributed by atoms with Crippen molar-refractivity contribution >= 4 is 31.9 Å². The average molecular weight is 352 g/mol. The van der Waals surface area contributed by atoms with E-state index in [2.05, 4.69) is 15.9 Å². The Kier molecular flexibility index (Phi) is 4.72. The van der Waals surface area contributed by atoms with Crippen LogP contribution in [0.2, 0.25) is 0 Å². The van der Waals surface area contributed by atoms with E-state index in [4.69, 9.17) is 9.94 Å². The number of nitrogens with one attached hydrogen (secondary N) is 1. The van der Waals surface area contributed by atoms with Crippen LogP contribution >= 0.6 is 15.9 Å². The molecule has 0 aliphatic carbocycles. The van der Waals surface area contributed by atoms with E-state index in [0.29, 0.717) is 4.47 Å². The summed E-state index contributed by atoms with van der Waals surface area (Å²) < 4.78 is 24.1. The molecule has 0 aliphatic rings. The summed E-state index contributed by atoms with van der Waals surface area (Å²) in [5.74, 6) is -1.22. The Morgan fingerprint density at radius 3 is 2.42 bits per heavy atom. The van der Waals surface area contributed by atoms with E-state index in [1.807, 2.05) is 4.89 Å². The summed E-state index contributed by atoms with van der Waals surface area (Å²) in [6.07, 6.45) is 0. The summed E-state index contributed by atoms with van der Waals surface area (Å²) in [5, 5.41) is 8.94. The average Bonchev–Trinajstić information content (AvgIpc) is 2.25. The molecule has 0 fully saturated rings. The number of hydrogen-bond acceptors (Lipinski definition) is 4. The molecule has 0 bridgehead atoms. The summed E-state index contributed by atoms with van der Waals surface area (Å²) >= 11 is 3.04. The van der Waals surface area contributed by atoms with Crippen LogP contribution in [-0.4, -0.2) is 25.1 Å². The quantitative estimate of drug-likeness (QED) is 0.810. The van der Waals surface area contributed by atoms with Crippen LogP contribution in [0.4, 0.5) is 0 Å². The van der Waals surface area contributed by atoms with Crippen molar-refractivity contribution in [2.24, 2.45) is 0 Å². The van der Waals surface area contributed by atoms with Crippen molar-refractivity contribution in [3.63, 3.8) is 0 Å². The number of carboxylic acid groups (broad SMARTS) is 1. The Hall–Kier alpha value is -0.960. The Morgan fingerprint density at radius 1 is 1.37 bits per heavy atom. The van der Waals surface area contributed by atoms with E-state index in [1.54, 1.807) is 20.8 Å². The van der Waals surface area contributed by atoms with Gasteiger partial charge in [0.15, 0.2) is 0 Å². The molecule has 1 aromatic carbocycles. The van der Waals surface area contributed by atoms with Crippen LogP contribution in [0.5, 0.6) is 0 Å². The van der Waals surface area contributed by atoms with Gasteiger partial charge in [-0.3, -0.25) is 4.84 Å². The molecule has 2 N–H and O–H groups in total. The Bertz CT molecular complexity index is 592. The number of sulfonamides is 1. The molecular formula is C11H14BrNO5S. The molecule has 1 rings (SSSR count). The first-order chi connectivity index (χ1) is 8.53. The van der Waals surface area contributed by atoms with Gasteiger partial charge in [0.25, 0.3) is 10.0 Å². The van der Waals surface area contributed by atoms with E-state index in [1.165, 1.54) is 12.1 Å². The highest BCUT2D eigenvalue weighted by atomic mass is 79.9. The third-order valence-electron chi connectivity index (χ3n) is 1.94. The first-order valence-electron chi connectivity index (χ1n) is 5.25. The number of carbonyl (C=O) groups is 1. The summed E-state index contributed by atoms with van der Waals surface area (Å²) in [4.78, 5) is 17.7. The number of hydrogen-bond donors (Lipinski definition) is 2. The minimum atomic E-state index is -3.92. The lowest BCUT2D eigenvalue weighted by molar-refractivity contribution is -0.0357. The molecule has 0 aliphatic heterocycles. The molecule has 8 heteroatoms. The van der Waals surface area contributed by atoms with Gasteiger partial charge in [-0.2, -0.15) is 0 Å². The van der Waals surface area contributed by atoms with Crippen molar-refractivity contribution in [3.05, 3.63) is 28.2 Å². The van der Waals surface area contributed by atoms with Crippen molar-refractivity contribution in [1.29, 1.82) is 0 Å². The summed E-state index contributed by atoms with van der Waals surface area (Å²) in [7, 11) is -3.92. The van der Waals surface area contributed by atoms with Crippen LogP contribution in [0.1, 0.15) is 31.1 Å². The minimum absolute atomic E-state index is 0.140. The third-order valence-corrected chi connectivity index (χ3v) is 3.80. The Morgan fingerprint density at radius 2 is 1.95 bits per heavy atom. The fraction of sp³-hybridized carbons (Fsp3) is 0.364.